The lowest BCUT2D eigenvalue weighted by Gasteiger charge is -2.04. The third kappa shape index (κ3) is 1.90. The van der Waals surface area contributed by atoms with Crippen molar-refractivity contribution < 1.29 is 0 Å². The number of halogens is 2. The van der Waals surface area contributed by atoms with Crippen molar-refractivity contribution in [3.05, 3.63) is 28.8 Å². The molecular formula is C8H8Cl2N2. The summed E-state index contributed by atoms with van der Waals surface area (Å²) < 4.78 is 0. The topological polar surface area (TPSA) is 49.9 Å². The summed E-state index contributed by atoms with van der Waals surface area (Å²) in [6, 6.07) is 4.99. The molecule has 0 atom stereocenters. The number of hydrogen-bond acceptors (Lipinski definition) is 2. The number of nitrogens with two attached hydrogens (primary N) is 1. The van der Waals surface area contributed by atoms with Crippen LogP contribution in [-0.2, 0) is 0 Å². The van der Waals surface area contributed by atoms with E-state index in [0.29, 0.717) is 16.3 Å². The van der Waals surface area contributed by atoms with Crippen molar-refractivity contribution in [1.29, 1.82) is 5.41 Å². The van der Waals surface area contributed by atoms with Crippen LogP contribution in [0.5, 0.6) is 0 Å². The van der Waals surface area contributed by atoms with Crippen LogP contribution in [0.4, 0.5) is 5.69 Å². The molecule has 0 fully saturated rings. The zero-order chi connectivity index (χ0) is 9.14. The molecule has 0 heterocycles. The predicted molar refractivity (Wildman–Crippen MR) is 53.4 cm³/mol. The number of anilines is 1. The van der Waals surface area contributed by atoms with Gasteiger partial charge in [-0.05, 0) is 18.2 Å². The summed E-state index contributed by atoms with van der Waals surface area (Å²) >= 11 is 11.2. The van der Waals surface area contributed by atoms with Gasteiger partial charge < -0.3 is 11.1 Å². The highest BCUT2D eigenvalue weighted by Crippen LogP contribution is 2.18. The van der Waals surface area contributed by atoms with Gasteiger partial charge in [0.1, 0.15) is 0 Å². The molecule has 0 unspecified atom stereocenters. The Balaban J connectivity index is 3.13. The highest BCUT2D eigenvalue weighted by atomic mass is 35.5. The lowest BCUT2D eigenvalue weighted by atomic mass is 10.1. The minimum Gasteiger partial charge on any atom is -0.398 e. The van der Waals surface area contributed by atoms with Gasteiger partial charge in [-0.25, -0.2) is 0 Å². The molecule has 0 radical (unpaired) electrons. The maximum atomic E-state index is 7.45. The molecule has 1 aromatic carbocycles. The summed E-state index contributed by atoms with van der Waals surface area (Å²) in [7, 11) is 0. The Morgan fingerprint density at radius 3 is 2.75 bits per heavy atom. The zero-order valence-corrected chi connectivity index (χ0v) is 7.78. The average Bonchev–Trinajstić information content (AvgIpc) is 2.08. The Morgan fingerprint density at radius 2 is 2.17 bits per heavy atom. The first-order valence-electron chi connectivity index (χ1n) is 3.34. The van der Waals surface area contributed by atoms with Crippen LogP contribution < -0.4 is 5.73 Å². The number of rotatable bonds is 2. The first-order chi connectivity index (χ1) is 5.65. The fraction of sp³-hybridized carbons (Fsp3) is 0.125. The molecule has 0 bridgehead atoms. The fourth-order valence-corrected chi connectivity index (χ4v) is 1.18. The lowest BCUT2D eigenvalue weighted by Crippen LogP contribution is -2.04. The molecular weight excluding hydrogens is 195 g/mol. The van der Waals surface area contributed by atoms with Crippen LogP contribution in [0.1, 0.15) is 5.56 Å². The highest BCUT2D eigenvalue weighted by molar-refractivity contribution is 6.33. The van der Waals surface area contributed by atoms with E-state index in [4.69, 9.17) is 34.3 Å². The van der Waals surface area contributed by atoms with Gasteiger partial charge in [0, 0.05) is 16.3 Å². The number of alkyl halides is 1. The first-order valence-corrected chi connectivity index (χ1v) is 4.25. The van der Waals surface area contributed by atoms with Crippen molar-refractivity contribution >= 4 is 34.6 Å². The van der Waals surface area contributed by atoms with Crippen molar-refractivity contribution in [2.24, 2.45) is 0 Å². The third-order valence-corrected chi connectivity index (χ3v) is 1.98. The average molecular weight is 203 g/mol. The molecule has 0 saturated heterocycles. The normalized spacial score (nSPS) is 9.83. The van der Waals surface area contributed by atoms with Crippen LogP contribution in [0.2, 0.25) is 5.02 Å². The van der Waals surface area contributed by atoms with Gasteiger partial charge in [0.05, 0.1) is 11.6 Å². The van der Waals surface area contributed by atoms with Gasteiger partial charge in [-0.1, -0.05) is 11.6 Å². The lowest BCUT2D eigenvalue weighted by molar-refractivity contribution is 1.46. The molecule has 0 amide bonds. The van der Waals surface area contributed by atoms with Gasteiger partial charge in [-0.3, -0.25) is 0 Å². The SMILES string of the molecule is N=C(CCl)c1cc(Cl)ccc1N. The van der Waals surface area contributed by atoms with Crippen molar-refractivity contribution in [3.8, 4) is 0 Å². The quantitative estimate of drug-likeness (QED) is 0.433. The van der Waals surface area contributed by atoms with Crippen molar-refractivity contribution in [2.45, 2.75) is 0 Å². The largest absolute Gasteiger partial charge is 0.398 e. The van der Waals surface area contributed by atoms with Crippen molar-refractivity contribution in [3.63, 3.8) is 0 Å². The highest BCUT2D eigenvalue weighted by Gasteiger charge is 2.04. The smallest absolute Gasteiger partial charge is 0.0647 e. The molecule has 1 rings (SSSR count). The Bertz CT molecular complexity index is 310. The first kappa shape index (κ1) is 9.36. The van der Waals surface area contributed by atoms with E-state index in [9.17, 15) is 0 Å². The van der Waals surface area contributed by atoms with E-state index in [0.717, 1.165) is 0 Å². The third-order valence-electron chi connectivity index (χ3n) is 1.47. The summed E-state index contributed by atoms with van der Waals surface area (Å²) in [5.74, 6) is 0.143. The zero-order valence-electron chi connectivity index (χ0n) is 6.27. The summed E-state index contributed by atoms with van der Waals surface area (Å²) in [6.07, 6.45) is 0. The van der Waals surface area contributed by atoms with Crippen molar-refractivity contribution in [2.75, 3.05) is 11.6 Å². The number of hydrogen-bond donors (Lipinski definition) is 2. The van der Waals surface area contributed by atoms with Crippen LogP contribution in [0, 0.1) is 5.41 Å². The molecule has 3 N–H and O–H groups in total. The minimum atomic E-state index is 0.143. The molecule has 1 aromatic rings. The fourth-order valence-electron chi connectivity index (χ4n) is 0.862. The van der Waals surface area contributed by atoms with Crippen LogP contribution in [0.3, 0.4) is 0 Å². The molecule has 12 heavy (non-hydrogen) atoms. The predicted octanol–water partition coefficient (Wildman–Crippen LogP) is 2.53. The van der Waals surface area contributed by atoms with Crippen LogP contribution in [0.15, 0.2) is 18.2 Å². The van der Waals surface area contributed by atoms with E-state index < -0.39 is 0 Å². The molecule has 4 heteroatoms. The van der Waals surface area contributed by atoms with Crippen LogP contribution in [0.25, 0.3) is 0 Å². The van der Waals surface area contributed by atoms with Gasteiger partial charge in [0.15, 0.2) is 0 Å². The molecule has 0 aliphatic carbocycles. The van der Waals surface area contributed by atoms with Gasteiger partial charge in [-0.2, -0.15) is 0 Å². The second-order valence-electron chi connectivity index (χ2n) is 2.34. The maximum Gasteiger partial charge on any atom is 0.0647 e. The van der Waals surface area contributed by atoms with Gasteiger partial charge in [0.25, 0.3) is 0 Å². The molecule has 2 nitrogen and oxygen atoms in total. The Labute approximate surface area is 80.8 Å². The summed E-state index contributed by atoms with van der Waals surface area (Å²) in [5.41, 5.74) is 7.04. The van der Waals surface area contributed by atoms with Crippen molar-refractivity contribution in [1.82, 2.24) is 0 Å². The van der Waals surface area contributed by atoms with Gasteiger partial charge in [0.2, 0.25) is 0 Å². The van der Waals surface area contributed by atoms with Gasteiger partial charge in [-0.15, -0.1) is 11.6 Å². The Morgan fingerprint density at radius 1 is 1.50 bits per heavy atom. The van der Waals surface area contributed by atoms with E-state index in [1.807, 2.05) is 0 Å². The van der Waals surface area contributed by atoms with Crippen LogP contribution in [-0.4, -0.2) is 11.6 Å². The van der Waals surface area contributed by atoms with E-state index >= 15 is 0 Å². The summed E-state index contributed by atoms with van der Waals surface area (Å²) in [5, 5.41) is 8.01. The maximum absolute atomic E-state index is 7.45. The summed E-state index contributed by atoms with van der Waals surface area (Å²) in [4.78, 5) is 0. The van der Waals surface area contributed by atoms with Gasteiger partial charge >= 0.3 is 0 Å². The molecule has 0 aliphatic heterocycles. The number of nitrogen functional groups attached to an aromatic ring is 1. The summed E-state index contributed by atoms with van der Waals surface area (Å²) in [6.45, 7) is 0. The number of benzene rings is 1. The van der Waals surface area contributed by atoms with E-state index in [1.54, 1.807) is 18.2 Å². The van der Waals surface area contributed by atoms with Crippen LogP contribution >= 0.6 is 23.2 Å². The minimum absolute atomic E-state index is 0.143. The van der Waals surface area contributed by atoms with E-state index in [2.05, 4.69) is 0 Å². The molecule has 0 saturated carbocycles. The molecule has 0 aromatic heterocycles. The number of nitrogens with one attached hydrogen (secondary N) is 1. The Kier molecular flexibility index (Phi) is 2.95. The Hall–Kier alpha value is -0.730. The molecule has 0 spiro atoms. The van der Waals surface area contributed by atoms with E-state index in [-0.39, 0.29) is 11.6 Å². The molecule has 64 valence electrons. The molecule has 0 aliphatic rings. The second-order valence-corrected chi connectivity index (χ2v) is 3.05. The van der Waals surface area contributed by atoms with E-state index in [1.165, 1.54) is 0 Å². The standard InChI is InChI=1S/C8H8Cl2N2/c9-4-8(12)6-3-5(10)1-2-7(6)11/h1-3,12H,4,11H2. The monoisotopic (exact) mass is 202 g/mol. The second kappa shape index (κ2) is 3.78.